The zero-order chi connectivity index (χ0) is 11.5. The normalized spacial score (nSPS) is 22.1. The number of aromatic nitrogens is 1. The van der Waals surface area contributed by atoms with Gasteiger partial charge in [-0.3, -0.25) is 9.78 Å². The first kappa shape index (κ1) is 10.9. The van der Waals surface area contributed by atoms with Crippen LogP contribution in [0.1, 0.15) is 12.8 Å². The molecular formula is C11H15N4O. The van der Waals surface area contributed by atoms with E-state index in [0.29, 0.717) is 6.04 Å². The molecule has 1 amide bonds. The first-order chi connectivity index (χ1) is 7.70. The summed E-state index contributed by atoms with van der Waals surface area (Å²) < 4.78 is 0. The molecule has 1 atom stereocenters. The summed E-state index contributed by atoms with van der Waals surface area (Å²) in [5.41, 5.74) is 12.2. The summed E-state index contributed by atoms with van der Waals surface area (Å²) in [6, 6.07) is 3.87. The zero-order valence-electron chi connectivity index (χ0n) is 8.97. The molecule has 1 aromatic heterocycles. The Kier molecular flexibility index (Phi) is 3.05. The molecule has 1 radical (unpaired) electrons. The van der Waals surface area contributed by atoms with Crippen LogP contribution in [0, 0.1) is 6.04 Å². The van der Waals surface area contributed by atoms with Crippen LogP contribution in [0.5, 0.6) is 0 Å². The number of primary amides is 1. The molecule has 4 N–H and O–H groups in total. The Morgan fingerprint density at radius 2 is 2.12 bits per heavy atom. The third kappa shape index (κ3) is 1.99. The molecule has 85 valence electrons. The number of carbonyl (C=O) groups is 1. The van der Waals surface area contributed by atoms with Crippen LogP contribution in [0.25, 0.3) is 0 Å². The van der Waals surface area contributed by atoms with Crippen LogP contribution in [0.15, 0.2) is 24.5 Å². The predicted molar refractivity (Wildman–Crippen MR) is 61.2 cm³/mol. The van der Waals surface area contributed by atoms with Gasteiger partial charge in [-0.25, -0.2) is 0 Å². The van der Waals surface area contributed by atoms with E-state index in [4.69, 9.17) is 11.5 Å². The van der Waals surface area contributed by atoms with Gasteiger partial charge < -0.3 is 16.4 Å². The van der Waals surface area contributed by atoms with Crippen LogP contribution >= 0.6 is 0 Å². The topological polar surface area (TPSA) is 85.2 Å². The minimum absolute atomic E-state index is 0.394. The first-order valence-electron chi connectivity index (χ1n) is 5.27. The van der Waals surface area contributed by atoms with Crippen LogP contribution in [0.3, 0.4) is 0 Å². The second-order valence-electron chi connectivity index (χ2n) is 3.88. The lowest BCUT2D eigenvalue weighted by atomic mass is 9.96. The fourth-order valence-electron chi connectivity index (χ4n) is 2.07. The van der Waals surface area contributed by atoms with Crippen molar-refractivity contribution in [2.24, 2.45) is 11.5 Å². The minimum Gasteiger partial charge on any atom is -0.368 e. The van der Waals surface area contributed by atoms with E-state index in [1.165, 1.54) is 0 Å². The Morgan fingerprint density at radius 1 is 1.44 bits per heavy atom. The van der Waals surface area contributed by atoms with Crippen LogP contribution in [-0.2, 0) is 4.79 Å². The molecule has 1 unspecified atom stereocenters. The fraction of sp³-hybridized carbons (Fsp3) is 0.364. The van der Waals surface area contributed by atoms with Gasteiger partial charge in [0, 0.05) is 24.6 Å². The van der Waals surface area contributed by atoms with Crippen molar-refractivity contribution in [3.63, 3.8) is 0 Å². The highest BCUT2D eigenvalue weighted by Crippen LogP contribution is 2.26. The molecule has 0 aliphatic carbocycles. The lowest BCUT2D eigenvalue weighted by molar-refractivity contribution is -0.119. The molecule has 1 aliphatic rings. The Balaban J connectivity index is 2.27. The van der Waals surface area contributed by atoms with Crippen LogP contribution in [-0.4, -0.2) is 23.5 Å². The summed E-state index contributed by atoms with van der Waals surface area (Å²) in [6.45, 7) is 0.790. The quantitative estimate of drug-likeness (QED) is 0.734. The van der Waals surface area contributed by atoms with Gasteiger partial charge in [-0.2, -0.15) is 0 Å². The SMILES string of the molecule is N[C]1CCCN(c2ccncc2)C1C(N)=O. The molecule has 2 heterocycles. The number of amides is 1. The number of hydrogen-bond acceptors (Lipinski definition) is 4. The molecule has 2 rings (SSSR count). The summed E-state index contributed by atoms with van der Waals surface area (Å²) in [5.74, 6) is -0.394. The van der Waals surface area contributed by atoms with Gasteiger partial charge in [0.05, 0.1) is 6.04 Å². The number of carbonyl (C=O) groups excluding carboxylic acids is 1. The first-order valence-corrected chi connectivity index (χ1v) is 5.27. The second-order valence-corrected chi connectivity index (χ2v) is 3.88. The third-order valence-electron chi connectivity index (χ3n) is 2.79. The van der Waals surface area contributed by atoms with E-state index in [1.807, 2.05) is 17.0 Å². The van der Waals surface area contributed by atoms with E-state index in [9.17, 15) is 4.79 Å². The average Bonchev–Trinajstić information content (AvgIpc) is 2.29. The summed E-state index contributed by atoms with van der Waals surface area (Å²) in [7, 11) is 0. The van der Waals surface area contributed by atoms with Crippen LogP contribution < -0.4 is 16.4 Å². The number of pyridine rings is 1. The molecule has 5 nitrogen and oxygen atoms in total. The van der Waals surface area contributed by atoms with Crippen LogP contribution in [0.2, 0.25) is 0 Å². The standard InChI is InChI=1S/C11H15N4O/c12-9-2-1-7-15(10(9)11(13)16)8-3-5-14-6-4-8/h3-6,10H,1-2,7,12H2,(H2,13,16). The van der Waals surface area contributed by atoms with Crippen molar-refractivity contribution in [3.8, 4) is 0 Å². The van der Waals surface area contributed by atoms with Crippen LogP contribution in [0.4, 0.5) is 5.69 Å². The summed E-state index contributed by atoms with van der Waals surface area (Å²) in [6.07, 6.45) is 5.09. The smallest absolute Gasteiger partial charge is 0.242 e. The van der Waals surface area contributed by atoms with Crippen molar-refractivity contribution in [1.82, 2.24) is 4.98 Å². The number of piperidine rings is 1. The summed E-state index contributed by atoms with van der Waals surface area (Å²) in [4.78, 5) is 17.3. The maximum Gasteiger partial charge on any atom is 0.242 e. The van der Waals surface area contributed by atoms with Gasteiger partial charge in [0.2, 0.25) is 5.91 Å². The van der Waals surface area contributed by atoms with E-state index >= 15 is 0 Å². The van der Waals surface area contributed by atoms with E-state index in [1.54, 1.807) is 12.4 Å². The number of nitrogens with zero attached hydrogens (tertiary/aromatic N) is 2. The maximum absolute atomic E-state index is 11.4. The highest BCUT2D eigenvalue weighted by Gasteiger charge is 2.33. The molecule has 0 saturated carbocycles. The molecule has 0 bridgehead atoms. The maximum atomic E-state index is 11.4. The van der Waals surface area contributed by atoms with Gasteiger partial charge in [0.25, 0.3) is 0 Å². The Hall–Kier alpha value is -1.62. The van der Waals surface area contributed by atoms with Gasteiger partial charge in [-0.1, -0.05) is 0 Å². The van der Waals surface area contributed by atoms with Crippen molar-refractivity contribution >= 4 is 11.6 Å². The van der Waals surface area contributed by atoms with Crippen molar-refractivity contribution in [2.75, 3.05) is 11.4 Å². The van der Waals surface area contributed by atoms with Gasteiger partial charge >= 0.3 is 0 Å². The number of nitrogens with two attached hydrogens (primary N) is 2. The van der Waals surface area contributed by atoms with Crippen molar-refractivity contribution in [1.29, 1.82) is 0 Å². The lowest BCUT2D eigenvalue weighted by Gasteiger charge is -2.38. The fourth-order valence-corrected chi connectivity index (χ4v) is 2.07. The van der Waals surface area contributed by atoms with Crippen molar-refractivity contribution < 1.29 is 4.79 Å². The van der Waals surface area contributed by atoms with E-state index in [-0.39, 0.29) is 0 Å². The number of rotatable bonds is 2. The zero-order valence-corrected chi connectivity index (χ0v) is 8.97. The molecule has 1 saturated heterocycles. The molecule has 1 fully saturated rings. The summed E-state index contributed by atoms with van der Waals surface area (Å²) >= 11 is 0. The predicted octanol–water partition coefficient (Wildman–Crippen LogP) is 0.0264. The molecule has 1 aliphatic heterocycles. The Bertz CT molecular complexity index is 368. The average molecular weight is 219 g/mol. The number of hydrogen-bond donors (Lipinski definition) is 2. The van der Waals surface area contributed by atoms with Crippen molar-refractivity contribution in [3.05, 3.63) is 30.6 Å². The van der Waals surface area contributed by atoms with Gasteiger partial charge in [0.1, 0.15) is 6.04 Å². The largest absolute Gasteiger partial charge is 0.368 e. The molecule has 1 aromatic rings. The highest BCUT2D eigenvalue weighted by molar-refractivity contribution is 5.86. The van der Waals surface area contributed by atoms with Gasteiger partial charge in [-0.15, -0.1) is 0 Å². The molecule has 0 aromatic carbocycles. The third-order valence-corrected chi connectivity index (χ3v) is 2.79. The number of anilines is 1. The molecular weight excluding hydrogens is 204 g/mol. The van der Waals surface area contributed by atoms with Crippen molar-refractivity contribution in [2.45, 2.75) is 18.9 Å². The van der Waals surface area contributed by atoms with E-state index in [0.717, 1.165) is 25.1 Å². The second kappa shape index (κ2) is 4.49. The Labute approximate surface area is 94.4 Å². The monoisotopic (exact) mass is 219 g/mol. The minimum atomic E-state index is -0.490. The molecule has 0 spiro atoms. The Morgan fingerprint density at radius 3 is 2.75 bits per heavy atom. The van der Waals surface area contributed by atoms with E-state index in [2.05, 4.69) is 4.98 Å². The van der Waals surface area contributed by atoms with E-state index < -0.39 is 11.9 Å². The highest BCUT2D eigenvalue weighted by atomic mass is 16.1. The lowest BCUT2D eigenvalue weighted by Crippen LogP contribution is -2.54. The van der Waals surface area contributed by atoms with Gasteiger partial charge in [0.15, 0.2) is 0 Å². The molecule has 16 heavy (non-hydrogen) atoms. The van der Waals surface area contributed by atoms with Gasteiger partial charge in [-0.05, 0) is 25.0 Å². The summed E-state index contributed by atoms with van der Waals surface area (Å²) in [5, 5.41) is 0. The molecule has 5 heteroatoms.